The highest BCUT2D eigenvalue weighted by atomic mass is 35.5. The average Bonchev–Trinajstić information content (AvgIpc) is 2.65. The van der Waals surface area contributed by atoms with Gasteiger partial charge in [0.1, 0.15) is 4.90 Å². The second-order valence-electron chi connectivity index (χ2n) is 5.76. The molecule has 0 spiro atoms. The largest absolute Gasteiger partial charge is 0.493 e. The molecule has 2 rings (SSSR count). The first-order valence-electron chi connectivity index (χ1n) is 8.23. The van der Waals surface area contributed by atoms with Crippen molar-refractivity contribution in [2.24, 2.45) is 0 Å². The van der Waals surface area contributed by atoms with Gasteiger partial charge in [-0.3, -0.25) is 0 Å². The number of likely N-dealkylation sites (N-methyl/N-ethyl adjacent to an activating group) is 1. The highest BCUT2D eigenvalue weighted by molar-refractivity contribution is 7.89. The Bertz CT molecular complexity index is 789. The van der Waals surface area contributed by atoms with Gasteiger partial charge in [-0.2, -0.15) is 4.31 Å². The van der Waals surface area contributed by atoms with E-state index in [2.05, 4.69) is 4.90 Å². The van der Waals surface area contributed by atoms with Crippen LogP contribution in [0.2, 0.25) is 0 Å². The number of carbonyl (C=O) groups is 1. The maximum Gasteiger partial charge on any atom is 0.328 e. The van der Waals surface area contributed by atoms with Crippen LogP contribution in [-0.4, -0.2) is 75.6 Å². The molecule has 1 aromatic rings. The van der Waals surface area contributed by atoms with E-state index in [0.717, 1.165) is 12.6 Å². The van der Waals surface area contributed by atoms with Crippen molar-refractivity contribution in [1.29, 1.82) is 0 Å². The van der Waals surface area contributed by atoms with Gasteiger partial charge in [0.25, 0.3) is 0 Å². The third kappa shape index (κ3) is 5.35. The number of carboxylic acid groups (broad SMARTS) is 1. The number of rotatable bonds is 7. The van der Waals surface area contributed by atoms with Gasteiger partial charge in [0.15, 0.2) is 11.5 Å². The maximum absolute atomic E-state index is 13.2. The molecule has 8 nitrogen and oxygen atoms in total. The molecule has 0 atom stereocenters. The number of aliphatic carboxylic acids is 1. The van der Waals surface area contributed by atoms with Crippen molar-refractivity contribution >= 4 is 34.5 Å². The smallest absolute Gasteiger partial charge is 0.328 e. The zero-order valence-corrected chi connectivity index (χ0v) is 17.2. The molecule has 152 valence electrons. The third-order valence-electron chi connectivity index (χ3n) is 4.28. The summed E-state index contributed by atoms with van der Waals surface area (Å²) in [5, 5.41) is 8.81. The summed E-state index contributed by atoms with van der Waals surface area (Å²) in [6.07, 6.45) is 2.26. The number of halogens is 1. The van der Waals surface area contributed by atoms with Crippen molar-refractivity contribution in [3.63, 3.8) is 0 Å². The summed E-state index contributed by atoms with van der Waals surface area (Å²) in [5.74, 6) is -0.788. The van der Waals surface area contributed by atoms with Crippen LogP contribution in [0.1, 0.15) is 12.5 Å². The van der Waals surface area contributed by atoms with E-state index in [0.29, 0.717) is 31.7 Å². The van der Waals surface area contributed by atoms with Gasteiger partial charge >= 0.3 is 5.97 Å². The summed E-state index contributed by atoms with van der Waals surface area (Å²) in [4.78, 5) is 12.9. The molecule has 1 aliphatic heterocycles. The second kappa shape index (κ2) is 9.93. The van der Waals surface area contributed by atoms with E-state index in [1.807, 2.05) is 6.92 Å². The number of carboxylic acids is 1. The van der Waals surface area contributed by atoms with Gasteiger partial charge in [-0.25, -0.2) is 13.2 Å². The van der Waals surface area contributed by atoms with Crippen LogP contribution >= 0.6 is 12.4 Å². The Labute approximate surface area is 165 Å². The summed E-state index contributed by atoms with van der Waals surface area (Å²) in [6.45, 7) is 5.01. The normalized spacial score (nSPS) is 16.1. The molecule has 0 saturated carbocycles. The second-order valence-corrected chi connectivity index (χ2v) is 7.67. The van der Waals surface area contributed by atoms with Crippen molar-refractivity contribution in [3.8, 4) is 11.5 Å². The Morgan fingerprint density at radius 1 is 1.19 bits per heavy atom. The average molecular weight is 421 g/mol. The first kappa shape index (κ1) is 23.2. The minimum Gasteiger partial charge on any atom is -0.493 e. The van der Waals surface area contributed by atoms with Crippen LogP contribution in [-0.2, 0) is 14.8 Å². The molecular weight excluding hydrogens is 396 g/mol. The van der Waals surface area contributed by atoms with Crippen LogP contribution in [0, 0.1) is 0 Å². The van der Waals surface area contributed by atoms with E-state index in [1.54, 1.807) is 0 Å². The van der Waals surface area contributed by atoms with Crippen molar-refractivity contribution in [1.82, 2.24) is 9.21 Å². The molecule has 10 heteroatoms. The minimum atomic E-state index is -3.81. The first-order valence-corrected chi connectivity index (χ1v) is 9.67. The van der Waals surface area contributed by atoms with Crippen LogP contribution in [0.5, 0.6) is 11.5 Å². The molecule has 0 aliphatic carbocycles. The molecule has 0 aromatic heterocycles. The van der Waals surface area contributed by atoms with Crippen LogP contribution in [0.4, 0.5) is 0 Å². The van der Waals surface area contributed by atoms with Crippen molar-refractivity contribution < 1.29 is 27.8 Å². The predicted molar refractivity (Wildman–Crippen MR) is 104 cm³/mol. The molecule has 0 radical (unpaired) electrons. The molecule has 27 heavy (non-hydrogen) atoms. The number of nitrogens with zero attached hydrogens (tertiary/aromatic N) is 2. The monoisotopic (exact) mass is 420 g/mol. The van der Waals surface area contributed by atoms with E-state index in [4.69, 9.17) is 14.6 Å². The Balaban J connectivity index is 0.00000364. The lowest BCUT2D eigenvalue weighted by molar-refractivity contribution is -0.131. The maximum atomic E-state index is 13.2. The lowest BCUT2D eigenvalue weighted by atomic mass is 10.2. The highest BCUT2D eigenvalue weighted by Gasteiger charge is 2.32. The number of ether oxygens (including phenoxy) is 2. The number of benzene rings is 1. The summed E-state index contributed by atoms with van der Waals surface area (Å²) >= 11 is 0. The molecule has 1 N–H and O–H groups in total. The van der Waals surface area contributed by atoms with Crippen LogP contribution in [0.25, 0.3) is 6.08 Å². The summed E-state index contributed by atoms with van der Waals surface area (Å²) in [5.41, 5.74) is 0.399. The van der Waals surface area contributed by atoms with Gasteiger partial charge in [0.2, 0.25) is 10.0 Å². The predicted octanol–water partition coefficient (Wildman–Crippen LogP) is 1.55. The molecule has 1 heterocycles. The van der Waals surface area contributed by atoms with Crippen molar-refractivity contribution in [3.05, 3.63) is 23.8 Å². The van der Waals surface area contributed by atoms with Crippen molar-refractivity contribution in [2.45, 2.75) is 11.8 Å². The Kier molecular flexibility index (Phi) is 8.55. The Morgan fingerprint density at radius 3 is 2.30 bits per heavy atom. The summed E-state index contributed by atoms with van der Waals surface area (Å²) < 4.78 is 38.3. The van der Waals surface area contributed by atoms with E-state index < -0.39 is 16.0 Å². The van der Waals surface area contributed by atoms with Gasteiger partial charge in [0, 0.05) is 32.3 Å². The topological polar surface area (TPSA) is 96.4 Å². The third-order valence-corrected chi connectivity index (χ3v) is 6.19. The molecule has 1 aromatic carbocycles. The van der Waals surface area contributed by atoms with Gasteiger partial charge in [-0.15, -0.1) is 12.4 Å². The van der Waals surface area contributed by atoms with Gasteiger partial charge in [-0.1, -0.05) is 6.92 Å². The molecule has 0 amide bonds. The Morgan fingerprint density at radius 2 is 1.81 bits per heavy atom. The van der Waals surface area contributed by atoms with Gasteiger partial charge in [0.05, 0.1) is 14.2 Å². The number of sulfonamides is 1. The van der Waals surface area contributed by atoms with Gasteiger partial charge < -0.3 is 19.5 Å². The van der Waals surface area contributed by atoms with Crippen LogP contribution < -0.4 is 9.47 Å². The van der Waals surface area contributed by atoms with E-state index in [1.165, 1.54) is 36.7 Å². The Hall–Kier alpha value is -1.81. The van der Waals surface area contributed by atoms with E-state index in [9.17, 15) is 13.2 Å². The van der Waals surface area contributed by atoms with Crippen LogP contribution in [0.3, 0.4) is 0 Å². The number of methoxy groups -OCH3 is 2. The molecular formula is C17H25ClN2O6S. The van der Waals surface area contributed by atoms with E-state index in [-0.39, 0.29) is 28.8 Å². The zero-order chi connectivity index (χ0) is 19.3. The number of hydrogen-bond donors (Lipinski definition) is 1. The molecule has 1 fully saturated rings. The molecule has 1 saturated heterocycles. The fourth-order valence-electron chi connectivity index (χ4n) is 2.83. The molecule has 0 unspecified atom stereocenters. The fourth-order valence-corrected chi connectivity index (χ4v) is 4.46. The van der Waals surface area contributed by atoms with E-state index >= 15 is 0 Å². The molecule has 1 aliphatic rings. The van der Waals surface area contributed by atoms with Gasteiger partial charge in [-0.05, 0) is 30.3 Å². The van der Waals surface area contributed by atoms with Crippen molar-refractivity contribution in [2.75, 3.05) is 46.9 Å². The first-order chi connectivity index (χ1) is 12.3. The fraction of sp³-hybridized carbons (Fsp3) is 0.471. The number of hydrogen-bond acceptors (Lipinski definition) is 6. The minimum absolute atomic E-state index is 0. The lowest BCUT2D eigenvalue weighted by Gasteiger charge is -2.33. The quantitative estimate of drug-likeness (QED) is 0.668. The SMILES string of the molecule is CCN1CCN(S(=O)(=O)c2cc(/C=C/C(=O)O)cc(OC)c2OC)CC1.Cl. The highest BCUT2D eigenvalue weighted by Crippen LogP contribution is 2.37. The number of piperazine rings is 1. The summed E-state index contributed by atoms with van der Waals surface area (Å²) in [6, 6.07) is 2.94. The lowest BCUT2D eigenvalue weighted by Crippen LogP contribution is -2.48. The summed E-state index contributed by atoms with van der Waals surface area (Å²) in [7, 11) is -1.03. The standard InChI is InChI=1S/C17H24N2O6S.ClH/c1-4-18-7-9-19(10-8-18)26(22,23)15-12-13(5-6-16(20)21)11-14(24-2)17(15)25-3;/h5-6,11-12H,4,7-10H2,1-3H3,(H,20,21);1H/b6-5+;. The molecule has 0 bridgehead atoms. The van der Waals surface area contributed by atoms with Crippen LogP contribution in [0.15, 0.2) is 23.1 Å². The zero-order valence-electron chi connectivity index (χ0n) is 15.5.